The SMILES string of the molecule is C=C(CNCCC)COCC1CC=CCC1C. The predicted octanol–water partition coefficient (Wildman–Crippen LogP) is 3.16. The quantitative estimate of drug-likeness (QED) is 0.517. The van der Waals surface area contributed by atoms with Crippen LogP contribution in [0.15, 0.2) is 24.3 Å². The van der Waals surface area contributed by atoms with Crippen molar-refractivity contribution in [2.24, 2.45) is 11.8 Å². The summed E-state index contributed by atoms with van der Waals surface area (Å²) in [6.45, 7) is 12.0. The second kappa shape index (κ2) is 8.48. The molecule has 0 radical (unpaired) electrons. The number of allylic oxidation sites excluding steroid dienone is 2. The van der Waals surface area contributed by atoms with Gasteiger partial charge in [-0.25, -0.2) is 0 Å². The number of hydrogen-bond donors (Lipinski definition) is 1. The Hall–Kier alpha value is -0.600. The van der Waals surface area contributed by atoms with Gasteiger partial charge in [-0.1, -0.05) is 32.6 Å². The average Bonchev–Trinajstić information content (AvgIpc) is 2.32. The lowest BCUT2D eigenvalue weighted by Gasteiger charge is -2.25. The molecule has 1 aliphatic carbocycles. The predicted molar refractivity (Wildman–Crippen MR) is 74.1 cm³/mol. The minimum absolute atomic E-state index is 0.691. The van der Waals surface area contributed by atoms with E-state index < -0.39 is 0 Å². The molecular weight excluding hydrogens is 210 g/mol. The van der Waals surface area contributed by atoms with Gasteiger partial charge in [0.15, 0.2) is 0 Å². The van der Waals surface area contributed by atoms with Crippen molar-refractivity contribution >= 4 is 0 Å². The van der Waals surface area contributed by atoms with Crippen molar-refractivity contribution in [3.63, 3.8) is 0 Å². The molecule has 0 saturated heterocycles. The molecule has 1 aliphatic rings. The van der Waals surface area contributed by atoms with E-state index in [1.165, 1.54) is 19.3 Å². The molecule has 0 saturated carbocycles. The molecule has 0 heterocycles. The molecule has 17 heavy (non-hydrogen) atoms. The second-order valence-electron chi connectivity index (χ2n) is 5.12. The highest BCUT2D eigenvalue weighted by Crippen LogP contribution is 2.25. The standard InChI is InChI=1S/C15H27NO/c1-4-9-16-10-13(2)11-17-12-15-8-6-5-7-14(15)3/h5-6,14-16H,2,4,7-12H2,1,3H3. The fourth-order valence-corrected chi connectivity index (χ4v) is 2.09. The fraction of sp³-hybridized carbons (Fsp3) is 0.733. The van der Waals surface area contributed by atoms with E-state index in [2.05, 4.69) is 37.9 Å². The maximum Gasteiger partial charge on any atom is 0.0686 e. The van der Waals surface area contributed by atoms with Crippen molar-refractivity contribution in [1.82, 2.24) is 5.32 Å². The van der Waals surface area contributed by atoms with Crippen LogP contribution in [0.4, 0.5) is 0 Å². The second-order valence-corrected chi connectivity index (χ2v) is 5.12. The summed E-state index contributed by atoms with van der Waals surface area (Å²) in [5.74, 6) is 1.45. The molecule has 98 valence electrons. The van der Waals surface area contributed by atoms with Crippen LogP contribution in [-0.4, -0.2) is 26.3 Å². The highest BCUT2D eigenvalue weighted by Gasteiger charge is 2.18. The molecule has 2 nitrogen and oxygen atoms in total. The van der Waals surface area contributed by atoms with Crippen molar-refractivity contribution in [1.29, 1.82) is 0 Å². The van der Waals surface area contributed by atoms with E-state index in [1.54, 1.807) is 0 Å². The highest BCUT2D eigenvalue weighted by atomic mass is 16.5. The first kappa shape index (κ1) is 14.5. The van der Waals surface area contributed by atoms with Gasteiger partial charge in [0.2, 0.25) is 0 Å². The Kier molecular flexibility index (Phi) is 7.22. The normalized spacial score (nSPS) is 23.9. The summed E-state index contributed by atoms with van der Waals surface area (Å²) < 4.78 is 5.76. The van der Waals surface area contributed by atoms with Gasteiger partial charge in [-0.15, -0.1) is 0 Å². The van der Waals surface area contributed by atoms with Crippen molar-refractivity contribution in [3.05, 3.63) is 24.3 Å². The molecule has 1 N–H and O–H groups in total. The Balaban J connectivity index is 2.06. The molecule has 2 heteroatoms. The number of rotatable bonds is 8. The maximum absolute atomic E-state index is 5.76. The first-order chi connectivity index (χ1) is 8.24. The van der Waals surface area contributed by atoms with Crippen LogP contribution in [0.25, 0.3) is 0 Å². The molecule has 1 rings (SSSR count). The fourth-order valence-electron chi connectivity index (χ4n) is 2.09. The van der Waals surface area contributed by atoms with Crippen molar-refractivity contribution in [3.8, 4) is 0 Å². The third-order valence-corrected chi connectivity index (χ3v) is 3.36. The maximum atomic E-state index is 5.76. The van der Waals surface area contributed by atoms with Crippen LogP contribution in [0.2, 0.25) is 0 Å². The smallest absolute Gasteiger partial charge is 0.0686 e. The van der Waals surface area contributed by atoms with Crippen LogP contribution >= 0.6 is 0 Å². The van der Waals surface area contributed by atoms with Gasteiger partial charge in [-0.2, -0.15) is 0 Å². The Morgan fingerprint density at radius 3 is 2.88 bits per heavy atom. The lowest BCUT2D eigenvalue weighted by Crippen LogP contribution is -2.22. The van der Waals surface area contributed by atoms with E-state index in [4.69, 9.17) is 4.74 Å². The van der Waals surface area contributed by atoms with Crippen LogP contribution in [0.1, 0.15) is 33.1 Å². The van der Waals surface area contributed by atoms with Crippen LogP contribution in [0, 0.1) is 11.8 Å². The molecular formula is C15H27NO. The molecule has 0 aromatic rings. The van der Waals surface area contributed by atoms with Crippen LogP contribution in [-0.2, 0) is 4.74 Å². The van der Waals surface area contributed by atoms with Crippen molar-refractivity contribution in [2.75, 3.05) is 26.3 Å². The highest BCUT2D eigenvalue weighted by molar-refractivity contribution is 4.97. The minimum atomic E-state index is 0.691. The lowest BCUT2D eigenvalue weighted by molar-refractivity contribution is 0.0938. The largest absolute Gasteiger partial charge is 0.377 e. The van der Waals surface area contributed by atoms with Gasteiger partial charge < -0.3 is 10.1 Å². The average molecular weight is 237 g/mol. The summed E-state index contributed by atoms with van der Waals surface area (Å²) in [4.78, 5) is 0. The third-order valence-electron chi connectivity index (χ3n) is 3.36. The molecule has 0 spiro atoms. The van der Waals surface area contributed by atoms with E-state index in [0.29, 0.717) is 12.5 Å². The van der Waals surface area contributed by atoms with Crippen molar-refractivity contribution in [2.45, 2.75) is 33.1 Å². The molecule has 0 amide bonds. The molecule has 0 aromatic carbocycles. The van der Waals surface area contributed by atoms with E-state index in [9.17, 15) is 0 Å². The molecule has 2 atom stereocenters. The van der Waals surface area contributed by atoms with E-state index in [1.807, 2.05) is 0 Å². The van der Waals surface area contributed by atoms with E-state index >= 15 is 0 Å². The Bertz CT molecular complexity index is 247. The summed E-state index contributed by atoms with van der Waals surface area (Å²) >= 11 is 0. The topological polar surface area (TPSA) is 21.3 Å². The number of ether oxygens (including phenoxy) is 1. The number of nitrogens with one attached hydrogen (secondary N) is 1. The zero-order valence-electron chi connectivity index (χ0n) is 11.4. The molecule has 0 fully saturated rings. The minimum Gasteiger partial charge on any atom is -0.377 e. The van der Waals surface area contributed by atoms with Gasteiger partial charge >= 0.3 is 0 Å². The zero-order valence-corrected chi connectivity index (χ0v) is 11.4. The molecule has 0 aromatic heterocycles. The molecule has 0 bridgehead atoms. The van der Waals surface area contributed by atoms with Crippen molar-refractivity contribution < 1.29 is 4.74 Å². The molecule has 2 unspecified atom stereocenters. The zero-order chi connectivity index (χ0) is 12.5. The van der Waals surface area contributed by atoms with Gasteiger partial charge in [0.05, 0.1) is 13.2 Å². The lowest BCUT2D eigenvalue weighted by atomic mass is 9.85. The van der Waals surface area contributed by atoms with Gasteiger partial charge in [-0.3, -0.25) is 0 Å². The van der Waals surface area contributed by atoms with E-state index in [0.717, 1.165) is 31.2 Å². The Labute approximate surface area is 106 Å². The van der Waals surface area contributed by atoms with Crippen LogP contribution in [0.5, 0.6) is 0 Å². The third kappa shape index (κ3) is 6.04. The summed E-state index contributed by atoms with van der Waals surface area (Å²) in [7, 11) is 0. The monoisotopic (exact) mass is 237 g/mol. The van der Waals surface area contributed by atoms with Gasteiger partial charge in [0.1, 0.15) is 0 Å². The van der Waals surface area contributed by atoms with E-state index in [-0.39, 0.29) is 0 Å². The first-order valence-electron chi connectivity index (χ1n) is 6.84. The summed E-state index contributed by atoms with van der Waals surface area (Å²) in [6.07, 6.45) is 8.11. The molecule has 0 aliphatic heterocycles. The van der Waals surface area contributed by atoms with Gasteiger partial charge in [0, 0.05) is 6.54 Å². The van der Waals surface area contributed by atoms with Gasteiger partial charge in [0.25, 0.3) is 0 Å². The van der Waals surface area contributed by atoms with Crippen LogP contribution in [0.3, 0.4) is 0 Å². The number of hydrogen-bond acceptors (Lipinski definition) is 2. The Morgan fingerprint density at radius 2 is 2.18 bits per heavy atom. The Morgan fingerprint density at radius 1 is 1.41 bits per heavy atom. The summed E-state index contributed by atoms with van der Waals surface area (Å²) in [5.41, 5.74) is 1.15. The van der Waals surface area contributed by atoms with Crippen LogP contribution < -0.4 is 5.32 Å². The summed E-state index contributed by atoms with van der Waals surface area (Å²) in [5, 5.41) is 3.34. The first-order valence-corrected chi connectivity index (χ1v) is 6.84. The summed E-state index contributed by atoms with van der Waals surface area (Å²) in [6, 6.07) is 0. The van der Waals surface area contributed by atoms with Gasteiger partial charge in [-0.05, 0) is 43.2 Å².